The van der Waals surface area contributed by atoms with Gasteiger partial charge in [0.05, 0.1) is 6.20 Å². The third kappa shape index (κ3) is 4.07. The highest BCUT2D eigenvalue weighted by molar-refractivity contribution is 7.99. The van der Waals surface area contributed by atoms with Gasteiger partial charge in [0.1, 0.15) is 5.03 Å². The van der Waals surface area contributed by atoms with E-state index in [0.717, 1.165) is 17.3 Å². The van der Waals surface area contributed by atoms with Crippen LogP contribution >= 0.6 is 11.8 Å². The zero-order valence-corrected chi connectivity index (χ0v) is 10.5. The highest BCUT2D eigenvalue weighted by Crippen LogP contribution is 2.20. The van der Waals surface area contributed by atoms with Gasteiger partial charge < -0.3 is 5.32 Å². The number of nitrogens with zero attached hydrogens (tertiary/aromatic N) is 2. The van der Waals surface area contributed by atoms with Crippen LogP contribution in [0, 0.1) is 0 Å². The Morgan fingerprint density at radius 2 is 2.06 bits per heavy atom. The number of para-hydroxylation sites is 1. The molecule has 0 amide bonds. The lowest BCUT2D eigenvalue weighted by Gasteiger charge is -2.12. The molecule has 4 heteroatoms. The molecular weight excluding hydrogens is 230 g/mol. The fourth-order valence-electron chi connectivity index (χ4n) is 1.41. The Hall–Kier alpha value is -1.55. The molecule has 1 aromatic heterocycles. The summed E-state index contributed by atoms with van der Waals surface area (Å²) in [6.45, 7) is 3.08. The van der Waals surface area contributed by atoms with Crippen LogP contribution in [-0.4, -0.2) is 21.8 Å². The van der Waals surface area contributed by atoms with E-state index in [1.54, 1.807) is 30.4 Å². The van der Waals surface area contributed by atoms with Gasteiger partial charge in [0.15, 0.2) is 0 Å². The first-order valence-corrected chi connectivity index (χ1v) is 6.44. The van der Waals surface area contributed by atoms with Crippen LogP contribution in [0.5, 0.6) is 0 Å². The highest BCUT2D eigenvalue weighted by Gasteiger charge is 2.04. The first kappa shape index (κ1) is 11.9. The summed E-state index contributed by atoms with van der Waals surface area (Å²) < 4.78 is 0. The number of thioether (sulfide) groups is 1. The Morgan fingerprint density at radius 3 is 2.76 bits per heavy atom. The molecule has 2 aromatic rings. The molecule has 0 aliphatic rings. The van der Waals surface area contributed by atoms with Crippen molar-refractivity contribution in [3.05, 3.63) is 48.9 Å². The average Bonchev–Trinajstić information content (AvgIpc) is 2.39. The van der Waals surface area contributed by atoms with Crippen molar-refractivity contribution in [3.63, 3.8) is 0 Å². The minimum atomic E-state index is 0.451. The maximum atomic E-state index is 4.25. The SMILES string of the molecule is CC(CNc1ccccc1)Sc1cnccn1. The van der Waals surface area contributed by atoms with Crippen LogP contribution in [0.4, 0.5) is 5.69 Å². The quantitative estimate of drug-likeness (QED) is 0.822. The lowest BCUT2D eigenvalue weighted by atomic mass is 10.3. The van der Waals surface area contributed by atoms with E-state index >= 15 is 0 Å². The first-order chi connectivity index (χ1) is 8.34. The standard InChI is InChI=1S/C13H15N3S/c1-11(17-13-10-14-7-8-15-13)9-16-12-5-3-2-4-6-12/h2-8,10-11,16H,9H2,1H3. The predicted molar refractivity (Wildman–Crippen MR) is 72.3 cm³/mol. The van der Waals surface area contributed by atoms with Gasteiger partial charge in [-0.3, -0.25) is 4.98 Å². The van der Waals surface area contributed by atoms with Crippen LogP contribution in [0.15, 0.2) is 53.9 Å². The van der Waals surface area contributed by atoms with Crippen LogP contribution < -0.4 is 5.32 Å². The molecule has 0 aliphatic carbocycles. The number of hydrogen-bond acceptors (Lipinski definition) is 4. The summed E-state index contributed by atoms with van der Waals surface area (Å²) in [4.78, 5) is 8.30. The summed E-state index contributed by atoms with van der Waals surface area (Å²) in [6.07, 6.45) is 5.21. The molecule has 0 fully saturated rings. The third-order valence-electron chi connectivity index (χ3n) is 2.23. The number of nitrogens with one attached hydrogen (secondary N) is 1. The van der Waals surface area contributed by atoms with Crippen LogP contribution in [0.2, 0.25) is 0 Å². The fourth-order valence-corrected chi connectivity index (χ4v) is 2.23. The number of rotatable bonds is 5. The Kier molecular flexibility index (Phi) is 4.38. The minimum absolute atomic E-state index is 0.451. The molecule has 0 saturated carbocycles. The van der Waals surface area contributed by atoms with Crippen molar-refractivity contribution in [2.45, 2.75) is 17.2 Å². The number of benzene rings is 1. The zero-order chi connectivity index (χ0) is 11.9. The molecule has 1 N–H and O–H groups in total. The minimum Gasteiger partial charge on any atom is -0.384 e. The first-order valence-electron chi connectivity index (χ1n) is 5.56. The normalized spacial score (nSPS) is 12.1. The van der Waals surface area contributed by atoms with Crippen LogP contribution in [0.1, 0.15) is 6.92 Å². The second-order valence-corrected chi connectivity index (χ2v) is 5.18. The van der Waals surface area contributed by atoms with Crippen molar-refractivity contribution in [1.82, 2.24) is 9.97 Å². The van der Waals surface area contributed by atoms with E-state index in [0.29, 0.717) is 5.25 Å². The summed E-state index contributed by atoms with van der Waals surface area (Å²) in [5.74, 6) is 0. The summed E-state index contributed by atoms with van der Waals surface area (Å²) >= 11 is 1.73. The number of anilines is 1. The Morgan fingerprint density at radius 1 is 1.24 bits per heavy atom. The van der Waals surface area contributed by atoms with Gasteiger partial charge >= 0.3 is 0 Å². The van der Waals surface area contributed by atoms with E-state index in [9.17, 15) is 0 Å². The van der Waals surface area contributed by atoms with Crippen molar-refractivity contribution in [2.24, 2.45) is 0 Å². The van der Waals surface area contributed by atoms with Crippen molar-refractivity contribution < 1.29 is 0 Å². The molecule has 0 bridgehead atoms. The van der Waals surface area contributed by atoms with E-state index < -0.39 is 0 Å². The predicted octanol–water partition coefficient (Wildman–Crippen LogP) is 3.07. The molecule has 1 unspecified atom stereocenters. The smallest absolute Gasteiger partial charge is 0.115 e. The van der Waals surface area contributed by atoms with E-state index in [4.69, 9.17) is 0 Å². The Bertz CT molecular complexity index is 433. The second kappa shape index (κ2) is 6.25. The van der Waals surface area contributed by atoms with Gasteiger partial charge in [0.25, 0.3) is 0 Å². The van der Waals surface area contributed by atoms with E-state index in [2.05, 4.69) is 34.3 Å². The van der Waals surface area contributed by atoms with E-state index in [-0.39, 0.29) is 0 Å². The molecule has 88 valence electrons. The van der Waals surface area contributed by atoms with Gasteiger partial charge in [-0.2, -0.15) is 0 Å². The lowest BCUT2D eigenvalue weighted by Crippen LogP contribution is -2.13. The van der Waals surface area contributed by atoms with Crippen LogP contribution in [-0.2, 0) is 0 Å². The topological polar surface area (TPSA) is 37.8 Å². The van der Waals surface area contributed by atoms with Gasteiger partial charge in [0.2, 0.25) is 0 Å². The van der Waals surface area contributed by atoms with Gasteiger partial charge in [-0.05, 0) is 12.1 Å². The van der Waals surface area contributed by atoms with Crippen molar-refractivity contribution in [1.29, 1.82) is 0 Å². The van der Waals surface area contributed by atoms with Crippen molar-refractivity contribution in [2.75, 3.05) is 11.9 Å². The largest absolute Gasteiger partial charge is 0.384 e. The van der Waals surface area contributed by atoms with E-state index in [1.165, 1.54) is 0 Å². The highest BCUT2D eigenvalue weighted by atomic mass is 32.2. The van der Waals surface area contributed by atoms with Gasteiger partial charge in [-0.15, -0.1) is 0 Å². The molecule has 1 atom stereocenters. The maximum absolute atomic E-state index is 4.25. The molecule has 0 spiro atoms. The molecule has 17 heavy (non-hydrogen) atoms. The van der Waals surface area contributed by atoms with Crippen LogP contribution in [0.25, 0.3) is 0 Å². The fraction of sp³-hybridized carbons (Fsp3) is 0.231. The lowest BCUT2D eigenvalue weighted by molar-refractivity contribution is 0.979. The second-order valence-electron chi connectivity index (χ2n) is 3.72. The van der Waals surface area contributed by atoms with Crippen molar-refractivity contribution in [3.8, 4) is 0 Å². The van der Waals surface area contributed by atoms with Gasteiger partial charge in [-0.25, -0.2) is 4.98 Å². The monoisotopic (exact) mass is 245 g/mol. The maximum Gasteiger partial charge on any atom is 0.115 e. The molecule has 2 rings (SSSR count). The number of aromatic nitrogens is 2. The Balaban J connectivity index is 1.80. The average molecular weight is 245 g/mol. The molecular formula is C13H15N3S. The van der Waals surface area contributed by atoms with Crippen LogP contribution in [0.3, 0.4) is 0 Å². The van der Waals surface area contributed by atoms with Crippen molar-refractivity contribution >= 4 is 17.4 Å². The number of hydrogen-bond donors (Lipinski definition) is 1. The van der Waals surface area contributed by atoms with Gasteiger partial charge in [-0.1, -0.05) is 36.9 Å². The summed E-state index contributed by atoms with van der Waals surface area (Å²) in [7, 11) is 0. The molecule has 1 aromatic carbocycles. The molecule has 3 nitrogen and oxygen atoms in total. The third-order valence-corrected chi connectivity index (χ3v) is 3.25. The molecule has 0 radical (unpaired) electrons. The molecule has 1 heterocycles. The summed E-state index contributed by atoms with van der Waals surface area (Å²) in [5, 5.41) is 4.81. The van der Waals surface area contributed by atoms with E-state index in [1.807, 2.05) is 18.2 Å². The molecule has 0 saturated heterocycles. The zero-order valence-electron chi connectivity index (χ0n) is 9.71. The molecule has 0 aliphatic heterocycles. The summed E-state index contributed by atoms with van der Waals surface area (Å²) in [6, 6.07) is 10.2. The van der Waals surface area contributed by atoms with Gasteiger partial charge in [0, 0.05) is 29.9 Å². The summed E-state index contributed by atoms with van der Waals surface area (Å²) in [5.41, 5.74) is 1.15. The Labute approximate surface area is 106 Å².